The number of aromatic nitrogens is 2. The average Bonchev–Trinajstić information content (AvgIpc) is 2.70. The van der Waals surface area contributed by atoms with E-state index >= 15 is 0 Å². The van der Waals surface area contributed by atoms with Gasteiger partial charge in [-0.1, -0.05) is 20.8 Å². The van der Waals surface area contributed by atoms with Crippen LogP contribution < -0.4 is 0 Å². The van der Waals surface area contributed by atoms with Gasteiger partial charge in [0.2, 0.25) is 0 Å². The summed E-state index contributed by atoms with van der Waals surface area (Å²) in [5, 5.41) is 25.4. The van der Waals surface area contributed by atoms with Gasteiger partial charge in [-0.2, -0.15) is 5.10 Å². The summed E-state index contributed by atoms with van der Waals surface area (Å²) < 4.78 is 7.53. The Morgan fingerprint density at radius 2 is 1.91 bits per heavy atom. The Morgan fingerprint density at radius 3 is 2.32 bits per heavy atom. The van der Waals surface area contributed by atoms with Crippen molar-refractivity contribution in [2.45, 2.75) is 64.9 Å². The molecule has 0 radical (unpaired) electrons. The van der Waals surface area contributed by atoms with Crippen LogP contribution in [-0.4, -0.2) is 34.7 Å². The van der Waals surface area contributed by atoms with E-state index in [1.807, 2.05) is 0 Å². The van der Waals surface area contributed by atoms with Gasteiger partial charge in [0.05, 0.1) is 18.1 Å². The van der Waals surface area contributed by atoms with Crippen LogP contribution in [-0.2, 0) is 16.6 Å². The molecule has 0 amide bonds. The van der Waals surface area contributed by atoms with Crippen molar-refractivity contribution >= 4 is 14.0 Å². The largest absolute Gasteiger partial charge is 0.415 e. The van der Waals surface area contributed by atoms with Gasteiger partial charge in [0, 0.05) is 0 Å². The number of hydrogen-bond donors (Lipinski definition) is 1. The smallest absolute Gasteiger partial charge is 0.313 e. The van der Waals surface area contributed by atoms with Gasteiger partial charge in [0.15, 0.2) is 8.32 Å². The van der Waals surface area contributed by atoms with E-state index in [1.54, 1.807) is 0 Å². The van der Waals surface area contributed by atoms with E-state index in [4.69, 9.17) is 4.43 Å². The number of nitro groups is 1. The molecule has 0 aromatic carbocycles. The van der Waals surface area contributed by atoms with E-state index in [2.05, 4.69) is 39.0 Å². The van der Waals surface area contributed by atoms with E-state index in [0.717, 1.165) is 0 Å². The molecule has 0 aliphatic rings. The van der Waals surface area contributed by atoms with Gasteiger partial charge < -0.3 is 9.53 Å². The van der Waals surface area contributed by atoms with E-state index in [-0.39, 0.29) is 16.4 Å². The Morgan fingerprint density at radius 1 is 1.36 bits per heavy atom. The minimum atomic E-state index is -1.87. The lowest BCUT2D eigenvalue weighted by atomic mass is 10.0. The van der Waals surface area contributed by atoms with E-state index in [0.29, 0.717) is 13.2 Å². The summed E-state index contributed by atoms with van der Waals surface area (Å²) in [4.78, 5) is 10.5. The van der Waals surface area contributed by atoms with Gasteiger partial charge in [0.1, 0.15) is 17.5 Å². The van der Waals surface area contributed by atoms with Crippen LogP contribution in [0.5, 0.6) is 0 Å². The number of aliphatic hydroxyl groups is 1. The normalized spacial score (nSPS) is 13.5. The van der Waals surface area contributed by atoms with Gasteiger partial charge in [0.25, 0.3) is 0 Å². The van der Waals surface area contributed by atoms with Crippen LogP contribution in [0.15, 0.2) is 6.20 Å². The quantitative estimate of drug-likeness (QED) is 0.492. The van der Waals surface area contributed by atoms with E-state index in [9.17, 15) is 15.2 Å². The highest BCUT2D eigenvalue weighted by Crippen LogP contribution is 2.36. The number of nitrogens with zero attached hydrogens (tertiary/aromatic N) is 3. The van der Waals surface area contributed by atoms with Crippen LogP contribution >= 0.6 is 0 Å². The second-order valence-corrected chi connectivity index (χ2v) is 12.3. The second-order valence-electron chi connectivity index (χ2n) is 7.53. The van der Waals surface area contributed by atoms with Gasteiger partial charge in [-0.15, -0.1) is 0 Å². The van der Waals surface area contributed by atoms with E-state index < -0.39 is 18.8 Å². The number of hydrogen-bond acceptors (Lipinski definition) is 5. The molecule has 0 atom stereocenters. The lowest BCUT2D eigenvalue weighted by Gasteiger charge is -2.36. The molecule has 0 aliphatic carbocycles. The Bertz CT molecular complexity index is 541. The molecule has 1 aromatic rings. The molecule has 0 spiro atoms. The third-order valence-electron chi connectivity index (χ3n) is 4.17. The maximum Gasteiger partial charge on any atom is 0.313 e. The zero-order valence-electron chi connectivity index (χ0n) is 14.5. The molecule has 0 unspecified atom stereocenters. The molecule has 1 aromatic heterocycles. The summed E-state index contributed by atoms with van der Waals surface area (Å²) in [7, 11) is -1.87. The van der Waals surface area contributed by atoms with Crippen molar-refractivity contribution in [3.05, 3.63) is 22.0 Å². The second kappa shape index (κ2) is 6.09. The fourth-order valence-corrected chi connectivity index (χ4v) is 2.95. The molecule has 1 N–H and O–H groups in total. The van der Waals surface area contributed by atoms with Crippen LogP contribution in [0.3, 0.4) is 0 Å². The summed E-state index contributed by atoms with van der Waals surface area (Å²) in [6.07, 6.45) is 1.18. The molecule has 0 bridgehead atoms. The summed E-state index contributed by atoms with van der Waals surface area (Å²) in [6.45, 7) is 14.6. The van der Waals surface area contributed by atoms with Crippen LogP contribution in [0.2, 0.25) is 18.1 Å². The summed E-state index contributed by atoms with van der Waals surface area (Å²) in [5.41, 5.74) is -1.30. The SMILES string of the molecule is CC(C)(O)c1c([N+](=O)[O-])cnn1CCO[Si](C)(C)C(C)(C)C. The fourth-order valence-electron chi connectivity index (χ4n) is 1.91. The molecular weight excluding hydrogens is 302 g/mol. The molecule has 126 valence electrons. The Labute approximate surface area is 132 Å². The Balaban J connectivity index is 2.90. The molecule has 1 heterocycles. The zero-order chi connectivity index (χ0) is 17.3. The average molecular weight is 329 g/mol. The van der Waals surface area contributed by atoms with Crippen molar-refractivity contribution in [3.63, 3.8) is 0 Å². The molecule has 7 nitrogen and oxygen atoms in total. The first-order valence-corrected chi connectivity index (χ1v) is 10.3. The molecule has 0 aliphatic heterocycles. The molecular formula is C14H27N3O4Si. The van der Waals surface area contributed by atoms with Crippen molar-refractivity contribution in [1.29, 1.82) is 0 Å². The van der Waals surface area contributed by atoms with Crippen LogP contribution in [0.1, 0.15) is 40.3 Å². The van der Waals surface area contributed by atoms with Crippen molar-refractivity contribution in [2.24, 2.45) is 0 Å². The van der Waals surface area contributed by atoms with Crippen LogP contribution in [0.25, 0.3) is 0 Å². The third kappa shape index (κ3) is 4.14. The Kier molecular flexibility index (Phi) is 5.21. The van der Waals surface area contributed by atoms with Crippen molar-refractivity contribution in [2.75, 3.05) is 6.61 Å². The number of rotatable bonds is 6. The highest BCUT2D eigenvalue weighted by molar-refractivity contribution is 6.74. The zero-order valence-corrected chi connectivity index (χ0v) is 15.5. The molecule has 0 saturated carbocycles. The first kappa shape index (κ1) is 18.8. The lowest BCUT2D eigenvalue weighted by molar-refractivity contribution is -0.386. The predicted molar refractivity (Wildman–Crippen MR) is 87.3 cm³/mol. The molecule has 0 fully saturated rings. The first-order valence-electron chi connectivity index (χ1n) is 7.34. The Hall–Kier alpha value is -1.25. The monoisotopic (exact) mass is 329 g/mol. The maximum atomic E-state index is 11.1. The molecule has 22 heavy (non-hydrogen) atoms. The van der Waals surface area contributed by atoms with Crippen molar-refractivity contribution < 1.29 is 14.5 Å². The summed E-state index contributed by atoms with van der Waals surface area (Å²) >= 11 is 0. The standard InChI is InChI=1S/C14H27N3O4Si/c1-13(2,3)22(6,7)21-9-8-16-12(14(4,5)18)11(10-15-16)17(19)20/h10,18H,8-9H2,1-7H3. The van der Waals surface area contributed by atoms with Gasteiger partial charge in [-0.3, -0.25) is 14.8 Å². The minimum Gasteiger partial charge on any atom is -0.415 e. The van der Waals surface area contributed by atoms with Crippen molar-refractivity contribution in [3.8, 4) is 0 Å². The highest BCUT2D eigenvalue weighted by Gasteiger charge is 2.37. The van der Waals surface area contributed by atoms with E-state index in [1.165, 1.54) is 24.7 Å². The molecule has 0 saturated heterocycles. The minimum absolute atomic E-state index is 0.0994. The fraction of sp³-hybridized carbons (Fsp3) is 0.786. The van der Waals surface area contributed by atoms with Crippen molar-refractivity contribution in [1.82, 2.24) is 9.78 Å². The predicted octanol–water partition coefficient (Wildman–Crippen LogP) is 3.04. The van der Waals surface area contributed by atoms with Crippen LogP contribution in [0, 0.1) is 10.1 Å². The summed E-state index contributed by atoms with van der Waals surface area (Å²) in [5.74, 6) is 0. The first-order chi connectivity index (χ1) is 9.77. The van der Waals surface area contributed by atoms with Crippen LogP contribution in [0.4, 0.5) is 5.69 Å². The van der Waals surface area contributed by atoms with Gasteiger partial charge in [-0.05, 0) is 32.0 Å². The lowest BCUT2D eigenvalue weighted by Crippen LogP contribution is -2.41. The molecule has 8 heteroatoms. The highest BCUT2D eigenvalue weighted by atomic mass is 28.4. The third-order valence-corrected chi connectivity index (χ3v) is 8.71. The van der Waals surface area contributed by atoms with Gasteiger partial charge in [-0.25, -0.2) is 0 Å². The topological polar surface area (TPSA) is 90.4 Å². The maximum absolute atomic E-state index is 11.1. The van der Waals surface area contributed by atoms with Gasteiger partial charge >= 0.3 is 5.69 Å². The summed E-state index contributed by atoms with van der Waals surface area (Å²) in [6, 6.07) is 0. The molecule has 1 rings (SSSR count).